The van der Waals surface area contributed by atoms with Crippen LogP contribution in [-0.4, -0.2) is 12.1 Å². The molecule has 2 aliphatic carbocycles. The molecule has 2 aromatic carbocycles. The monoisotopic (exact) mass is 362 g/mol. The number of hydrogen-bond donors (Lipinski definition) is 0. The van der Waals surface area contributed by atoms with E-state index < -0.39 is 0 Å². The van der Waals surface area contributed by atoms with Gasteiger partial charge in [-0.25, -0.2) is 4.79 Å². The number of fused-ring (bicyclic) bond motifs is 1. The van der Waals surface area contributed by atoms with Crippen LogP contribution in [0.2, 0.25) is 0 Å². The van der Waals surface area contributed by atoms with Crippen LogP contribution in [0.25, 0.3) is 0 Å². The molecule has 2 heteroatoms. The molecule has 27 heavy (non-hydrogen) atoms. The number of hydrogen-bond acceptors (Lipinski definition) is 2. The van der Waals surface area contributed by atoms with Crippen molar-refractivity contribution >= 4 is 5.97 Å². The summed E-state index contributed by atoms with van der Waals surface area (Å²) in [7, 11) is 0. The lowest BCUT2D eigenvalue weighted by Crippen LogP contribution is -2.33. The number of esters is 1. The molecule has 2 aromatic rings. The van der Waals surface area contributed by atoms with Crippen LogP contribution in [0.4, 0.5) is 0 Å². The van der Waals surface area contributed by atoms with Crippen molar-refractivity contribution in [3.05, 3.63) is 71.3 Å². The van der Waals surface area contributed by atoms with Crippen LogP contribution in [0, 0.1) is 11.8 Å². The van der Waals surface area contributed by atoms with Gasteiger partial charge < -0.3 is 4.74 Å². The van der Waals surface area contributed by atoms with Gasteiger partial charge in [0.15, 0.2) is 0 Å². The highest BCUT2D eigenvalue weighted by Crippen LogP contribution is 2.41. The van der Waals surface area contributed by atoms with Crippen molar-refractivity contribution in [2.24, 2.45) is 11.8 Å². The largest absolute Gasteiger partial charge is 0.459 e. The number of ether oxygens (including phenoxy) is 1. The van der Waals surface area contributed by atoms with Gasteiger partial charge in [-0.05, 0) is 67.2 Å². The second-order valence-corrected chi connectivity index (χ2v) is 8.33. The minimum Gasteiger partial charge on any atom is -0.459 e. The zero-order valence-corrected chi connectivity index (χ0v) is 16.1. The van der Waals surface area contributed by atoms with Gasteiger partial charge in [-0.3, -0.25) is 0 Å². The van der Waals surface area contributed by atoms with Crippen molar-refractivity contribution in [3.63, 3.8) is 0 Å². The summed E-state index contributed by atoms with van der Waals surface area (Å²) in [4.78, 5) is 12.5. The third-order valence-electron chi connectivity index (χ3n) is 6.50. The van der Waals surface area contributed by atoms with Gasteiger partial charge in [0.05, 0.1) is 5.56 Å². The van der Waals surface area contributed by atoms with E-state index in [1.54, 1.807) is 0 Å². The number of benzene rings is 2. The maximum Gasteiger partial charge on any atom is 0.338 e. The van der Waals surface area contributed by atoms with Crippen LogP contribution in [0.15, 0.2) is 54.6 Å². The fraction of sp³-hybridized carbons (Fsp3) is 0.480. The van der Waals surface area contributed by atoms with Crippen LogP contribution in [0.1, 0.15) is 66.4 Å². The van der Waals surface area contributed by atoms with E-state index in [4.69, 9.17) is 4.74 Å². The van der Waals surface area contributed by atoms with Gasteiger partial charge in [0.1, 0.15) is 6.10 Å². The molecule has 3 atom stereocenters. The second-order valence-electron chi connectivity index (χ2n) is 8.33. The Morgan fingerprint density at radius 2 is 1.44 bits per heavy atom. The molecule has 2 saturated carbocycles. The van der Waals surface area contributed by atoms with Gasteiger partial charge in [-0.1, -0.05) is 68.1 Å². The second kappa shape index (κ2) is 8.73. The standard InChI is InChI=1S/C25H30O2/c26-25(27-24-17-16-21-8-4-5-9-23(21)18-24)22-14-12-20(13-15-22)11-10-19-6-2-1-3-7-19/h1-3,6-7,12-15,21,23-24H,4-5,8-11,16-18H2. The molecule has 0 aromatic heterocycles. The lowest BCUT2D eigenvalue weighted by Gasteiger charge is -2.38. The number of aryl methyl sites for hydroxylation is 2. The van der Waals surface area contributed by atoms with Crippen molar-refractivity contribution < 1.29 is 9.53 Å². The molecule has 0 aliphatic heterocycles. The molecule has 2 fully saturated rings. The SMILES string of the molecule is O=C(OC1CCC2CCCCC2C1)c1ccc(CCc2ccccc2)cc1. The third kappa shape index (κ3) is 4.80. The Morgan fingerprint density at radius 1 is 0.778 bits per heavy atom. The van der Waals surface area contributed by atoms with Crippen LogP contribution in [0.3, 0.4) is 0 Å². The molecule has 3 unspecified atom stereocenters. The molecule has 0 N–H and O–H groups in total. The molecule has 0 spiro atoms. The first kappa shape index (κ1) is 18.3. The fourth-order valence-electron chi connectivity index (χ4n) is 4.90. The minimum atomic E-state index is -0.149. The number of carbonyl (C=O) groups excluding carboxylic acids is 1. The molecule has 0 amide bonds. The summed E-state index contributed by atoms with van der Waals surface area (Å²) in [6.07, 6.45) is 10.9. The molecule has 2 nitrogen and oxygen atoms in total. The third-order valence-corrected chi connectivity index (χ3v) is 6.50. The average molecular weight is 363 g/mol. The smallest absolute Gasteiger partial charge is 0.338 e. The summed E-state index contributed by atoms with van der Waals surface area (Å²) in [5.41, 5.74) is 3.29. The number of rotatable bonds is 5. The Kier molecular flexibility index (Phi) is 5.91. The molecule has 0 bridgehead atoms. The van der Waals surface area contributed by atoms with Gasteiger partial charge in [0.2, 0.25) is 0 Å². The summed E-state index contributed by atoms with van der Waals surface area (Å²) < 4.78 is 5.86. The minimum absolute atomic E-state index is 0.120. The predicted molar refractivity (Wildman–Crippen MR) is 109 cm³/mol. The summed E-state index contributed by atoms with van der Waals surface area (Å²) in [5.74, 6) is 1.52. The predicted octanol–water partition coefficient (Wildman–Crippen LogP) is 5.99. The molecule has 142 valence electrons. The normalized spacial score (nSPS) is 24.8. The van der Waals surface area contributed by atoms with Crippen LogP contribution in [-0.2, 0) is 17.6 Å². The lowest BCUT2D eigenvalue weighted by molar-refractivity contribution is -0.000924. The van der Waals surface area contributed by atoms with Crippen molar-refractivity contribution in [2.45, 2.75) is 63.9 Å². The van der Waals surface area contributed by atoms with Crippen LogP contribution >= 0.6 is 0 Å². The molecule has 0 radical (unpaired) electrons. The Bertz CT molecular complexity index is 735. The quantitative estimate of drug-likeness (QED) is 0.611. The lowest BCUT2D eigenvalue weighted by atomic mass is 9.70. The van der Waals surface area contributed by atoms with E-state index in [-0.39, 0.29) is 12.1 Å². The van der Waals surface area contributed by atoms with E-state index in [1.165, 1.54) is 43.2 Å². The Labute approximate surface area is 162 Å². The van der Waals surface area contributed by atoms with Gasteiger partial charge >= 0.3 is 5.97 Å². The first-order valence-corrected chi connectivity index (χ1v) is 10.6. The summed E-state index contributed by atoms with van der Waals surface area (Å²) in [5, 5.41) is 0. The van der Waals surface area contributed by atoms with Gasteiger partial charge in [-0.15, -0.1) is 0 Å². The van der Waals surface area contributed by atoms with E-state index in [1.807, 2.05) is 18.2 Å². The van der Waals surface area contributed by atoms with Crippen molar-refractivity contribution in [3.8, 4) is 0 Å². The van der Waals surface area contributed by atoms with Crippen LogP contribution < -0.4 is 0 Å². The van der Waals surface area contributed by atoms with Gasteiger partial charge in [-0.2, -0.15) is 0 Å². The first-order chi connectivity index (χ1) is 13.3. The highest BCUT2D eigenvalue weighted by atomic mass is 16.5. The average Bonchev–Trinajstić information content (AvgIpc) is 2.73. The van der Waals surface area contributed by atoms with Crippen molar-refractivity contribution in [1.82, 2.24) is 0 Å². The van der Waals surface area contributed by atoms with Gasteiger partial charge in [0.25, 0.3) is 0 Å². The topological polar surface area (TPSA) is 26.3 Å². The highest BCUT2D eigenvalue weighted by molar-refractivity contribution is 5.89. The molecule has 0 saturated heterocycles. The van der Waals surface area contributed by atoms with E-state index in [0.717, 1.165) is 37.5 Å². The molecule has 0 heterocycles. The molecule has 2 aliphatic rings. The Balaban J connectivity index is 1.28. The summed E-state index contributed by atoms with van der Waals surface area (Å²) in [6, 6.07) is 18.5. The van der Waals surface area contributed by atoms with Gasteiger partial charge in [0, 0.05) is 0 Å². The number of carbonyl (C=O) groups is 1. The Hall–Kier alpha value is -2.09. The maximum absolute atomic E-state index is 12.5. The summed E-state index contributed by atoms with van der Waals surface area (Å²) in [6.45, 7) is 0. The molecular weight excluding hydrogens is 332 g/mol. The first-order valence-electron chi connectivity index (χ1n) is 10.6. The Morgan fingerprint density at radius 3 is 2.19 bits per heavy atom. The molecule has 4 rings (SSSR count). The van der Waals surface area contributed by atoms with Crippen molar-refractivity contribution in [2.75, 3.05) is 0 Å². The zero-order chi connectivity index (χ0) is 18.5. The van der Waals surface area contributed by atoms with E-state index in [9.17, 15) is 4.79 Å². The van der Waals surface area contributed by atoms with E-state index >= 15 is 0 Å². The van der Waals surface area contributed by atoms with Crippen molar-refractivity contribution in [1.29, 1.82) is 0 Å². The van der Waals surface area contributed by atoms with Crippen LogP contribution in [0.5, 0.6) is 0 Å². The molecular formula is C25H30O2. The summed E-state index contributed by atoms with van der Waals surface area (Å²) >= 11 is 0. The van der Waals surface area contributed by atoms with E-state index in [2.05, 4.69) is 36.4 Å². The maximum atomic E-state index is 12.5. The highest BCUT2D eigenvalue weighted by Gasteiger charge is 2.33. The van der Waals surface area contributed by atoms with E-state index in [0.29, 0.717) is 5.56 Å². The zero-order valence-electron chi connectivity index (χ0n) is 16.1. The fourth-order valence-corrected chi connectivity index (χ4v) is 4.90.